The molecule has 0 heterocycles. The lowest BCUT2D eigenvalue weighted by atomic mass is 10.9. The summed E-state index contributed by atoms with van der Waals surface area (Å²) in [4.78, 5) is -0.0833. The molecule has 0 aliphatic carbocycles. The summed E-state index contributed by atoms with van der Waals surface area (Å²) >= 11 is 11.3. The van der Waals surface area contributed by atoms with Crippen LogP contribution in [-0.4, -0.2) is 23.2 Å². The second-order valence-corrected chi connectivity index (χ2v) is 10.6. The van der Waals surface area contributed by atoms with E-state index >= 15 is 0 Å². The van der Waals surface area contributed by atoms with E-state index in [1.54, 1.807) is 6.04 Å². The van der Waals surface area contributed by atoms with Crippen LogP contribution in [-0.2, 0) is 0 Å². The van der Waals surface area contributed by atoms with E-state index in [1.807, 2.05) is 0 Å². The van der Waals surface area contributed by atoms with Crippen LogP contribution in [0.15, 0.2) is 0 Å². The number of hydrogen-bond acceptors (Lipinski definition) is 0. The van der Waals surface area contributed by atoms with Crippen molar-refractivity contribution in [3.8, 4) is 0 Å². The van der Waals surface area contributed by atoms with E-state index < -0.39 is 0 Å². The fourth-order valence-corrected chi connectivity index (χ4v) is 7.81. The topological polar surface area (TPSA) is 0 Å². The molecule has 0 spiro atoms. The molecule has 0 saturated carbocycles. The molecule has 0 aromatic rings. The van der Waals surface area contributed by atoms with E-state index in [9.17, 15) is 0 Å². The van der Waals surface area contributed by atoms with Gasteiger partial charge in [0.05, 0.1) is 0 Å². The normalized spacial score (nSPS) is 12.5. The van der Waals surface area contributed by atoms with Crippen molar-refractivity contribution in [2.75, 3.05) is 0 Å². The second kappa shape index (κ2) is 8.60. The van der Waals surface area contributed by atoms with Crippen LogP contribution in [0.2, 0.25) is 30.2 Å². The number of hydrogen-bond donors (Lipinski definition) is 0. The third-order valence-electron chi connectivity index (χ3n) is 2.44. The molecular weight excluding hydrogens is 223 g/mol. The van der Waals surface area contributed by atoms with E-state index in [-0.39, 0.29) is 23.2 Å². The zero-order valence-corrected chi connectivity index (χ0v) is 12.2. The van der Waals surface area contributed by atoms with E-state index in [2.05, 4.69) is 13.8 Å². The standard InChI is InChI=1S/C8H20Cl2Si2/c1-3-12(4-2)6-5-11-7-8(9)10/h8,12H,3-7,11H2,1-2H3. The fraction of sp³-hybridized carbons (Fsp3) is 1.00. The highest BCUT2D eigenvalue weighted by molar-refractivity contribution is 6.60. The molecule has 12 heavy (non-hydrogen) atoms. The molecule has 0 aliphatic rings. The smallest absolute Gasteiger partial charge is 0.105 e. The first-order chi connectivity index (χ1) is 5.70. The maximum absolute atomic E-state index is 5.67. The molecule has 0 aromatic heterocycles. The van der Waals surface area contributed by atoms with Gasteiger partial charge in [0.25, 0.3) is 0 Å². The zero-order valence-electron chi connectivity index (χ0n) is 8.15. The lowest BCUT2D eigenvalue weighted by Crippen LogP contribution is -2.09. The minimum absolute atomic E-state index is 0.0732. The summed E-state index contributed by atoms with van der Waals surface area (Å²) < 4.78 is 0. The van der Waals surface area contributed by atoms with Gasteiger partial charge in [-0.2, -0.15) is 0 Å². The lowest BCUT2D eigenvalue weighted by molar-refractivity contribution is 1.21. The van der Waals surface area contributed by atoms with Crippen LogP contribution in [0.3, 0.4) is 0 Å². The molecule has 0 amide bonds. The summed E-state index contributed by atoms with van der Waals surface area (Å²) in [6, 6.07) is 7.07. The van der Waals surface area contributed by atoms with Crippen LogP contribution in [0.1, 0.15) is 13.8 Å². The lowest BCUT2D eigenvalue weighted by Gasteiger charge is -2.09. The molecule has 0 aliphatic heterocycles. The van der Waals surface area contributed by atoms with Crippen molar-refractivity contribution in [2.45, 2.75) is 48.9 Å². The first kappa shape index (κ1) is 13.0. The van der Waals surface area contributed by atoms with Gasteiger partial charge in [0.2, 0.25) is 0 Å². The summed E-state index contributed by atoms with van der Waals surface area (Å²) in [5.41, 5.74) is 0. The van der Waals surface area contributed by atoms with Gasteiger partial charge >= 0.3 is 0 Å². The highest BCUT2D eigenvalue weighted by Crippen LogP contribution is 2.12. The van der Waals surface area contributed by atoms with Gasteiger partial charge in [0, 0.05) is 18.3 Å². The largest absolute Gasteiger partial charge is 0.106 e. The maximum Gasteiger partial charge on any atom is 0.105 e. The zero-order chi connectivity index (χ0) is 9.40. The minimum Gasteiger partial charge on any atom is -0.106 e. The molecule has 0 N–H and O–H groups in total. The first-order valence-electron chi connectivity index (χ1n) is 4.98. The Balaban J connectivity index is 3.17. The quantitative estimate of drug-likeness (QED) is 0.366. The Kier molecular flexibility index (Phi) is 9.33. The predicted molar refractivity (Wildman–Crippen MR) is 66.6 cm³/mol. The van der Waals surface area contributed by atoms with Crippen molar-refractivity contribution in [3.05, 3.63) is 0 Å². The summed E-state index contributed by atoms with van der Waals surface area (Å²) in [7, 11) is -0.233. The molecule has 0 saturated heterocycles. The van der Waals surface area contributed by atoms with Crippen molar-refractivity contribution in [1.29, 1.82) is 0 Å². The van der Waals surface area contributed by atoms with E-state index in [0.29, 0.717) is 0 Å². The SMILES string of the molecule is CC[SiH](CC)CC[SiH2]CC(Cl)Cl. The van der Waals surface area contributed by atoms with Gasteiger partial charge in [-0.25, -0.2) is 0 Å². The molecule has 74 valence electrons. The average molecular weight is 243 g/mol. The van der Waals surface area contributed by atoms with Crippen molar-refractivity contribution in [1.82, 2.24) is 0 Å². The summed E-state index contributed by atoms with van der Waals surface area (Å²) in [6.07, 6.45) is 0. The maximum atomic E-state index is 5.67. The monoisotopic (exact) mass is 242 g/mol. The van der Waals surface area contributed by atoms with Crippen LogP contribution < -0.4 is 0 Å². The Morgan fingerprint density at radius 1 is 1.25 bits per heavy atom. The Morgan fingerprint density at radius 3 is 2.25 bits per heavy atom. The van der Waals surface area contributed by atoms with Crippen LogP contribution in [0, 0.1) is 0 Å². The van der Waals surface area contributed by atoms with Gasteiger partial charge < -0.3 is 0 Å². The van der Waals surface area contributed by atoms with Crippen molar-refractivity contribution >= 4 is 41.5 Å². The third-order valence-corrected chi connectivity index (χ3v) is 9.85. The third kappa shape index (κ3) is 7.65. The van der Waals surface area contributed by atoms with Crippen molar-refractivity contribution < 1.29 is 0 Å². The minimum atomic E-state index is -0.307. The summed E-state index contributed by atoms with van der Waals surface area (Å²) in [5.74, 6) is 0. The highest BCUT2D eigenvalue weighted by Gasteiger charge is 2.05. The van der Waals surface area contributed by atoms with Crippen molar-refractivity contribution in [2.24, 2.45) is 0 Å². The predicted octanol–water partition coefficient (Wildman–Crippen LogP) is 3.06. The Hall–Kier alpha value is 1.01. The second-order valence-electron chi connectivity index (χ2n) is 3.36. The summed E-state index contributed by atoms with van der Waals surface area (Å²) in [6.45, 7) is 4.68. The van der Waals surface area contributed by atoms with E-state index in [4.69, 9.17) is 23.2 Å². The van der Waals surface area contributed by atoms with E-state index in [1.165, 1.54) is 18.1 Å². The fourth-order valence-electron chi connectivity index (χ4n) is 1.43. The Bertz CT molecular complexity index is 95.1. The Labute approximate surface area is 90.5 Å². The van der Waals surface area contributed by atoms with Gasteiger partial charge in [-0.15, -0.1) is 23.2 Å². The molecule has 0 atom stereocenters. The molecule has 0 radical (unpaired) electrons. The van der Waals surface area contributed by atoms with Gasteiger partial charge in [-0.3, -0.25) is 0 Å². The average Bonchev–Trinajstić information content (AvgIpc) is 2.04. The molecule has 4 heteroatoms. The number of halogens is 2. The van der Waals surface area contributed by atoms with Crippen LogP contribution in [0.25, 0.3) is 0 Å². The Morgan fingerprint density at radius 2 is 1.83 bits per heavy atom. The number of alkyl halides is 2. The molecule has 0 bridgehead atoms. The van der Waals surface area contributed by atoms with E-state index in [0.717, 1.165) is 6.04 Å². The molecule has 0 unspecified atom stereocenters. The molecular formula is C8H20Cl2Si2. The van der Waals surface area contributed by atoms with Crippen LogP contribution >= 0.6 is 23.2 Å². The molecule has 0 fully saturated rings. The molecule has 0 aromatic carbocycles. The number of rotatable bonds is 7. The van der Waals surface area contributed by atoms with Gasteiger partial charge in [-0.1, -0.05) is 38.0 Å². The molecule has 0 rings (SSSR count). The van der Waals surface area contributed by atoms with Crippen molar-refractivity contribution in [3.63, 3.8) is 0 Å². The first-order valence-corrected chi connectivity index (χ1v) is 10.3. The molecule has 0 nitrogen and oxygen atoms in total. The van der Waals surface area contributed by atoms with Gasteiger partial charge in [0.1, 0.15) is 4.84 Å². The summed E-state index contributed by atoms with van der Waals surface area (Å²) in [5, 5.41) is 0. The van der Waals surface area contributed by atoms with Crippen LogP contribution in [0.5, 0.6) is 0 Å². The van der Waals surface area contributed by atoms with Gasteiger partial charge in [0.15, 0.2) is 0 Å². The van der Waals surface area contributed by atoms with Gasteiger partial charge in [-0.05, 0) is 6.04 Å². The van der Waals surface area contributed by atoms with Crippen LogP contribution in [0.4, 0.5) is 0 Å². The highest BCUT2D eigenvalue weighted by atomic mass is 35.5.